The van der Waals surface area contributed by atoms with Crippen LogP contribution in [0.5, 0.6) is 0 Å². The largest absolute Gasteiger partial charge is 0.379 e. The molecule has 1 aromatic carbocycles. The Bertz CT molecular complexity index is 465. The lowest BCUT2D eigenvalue weighted by molar-refractivity contribution is -0.122. The van der Waals surface area contributed by atoms with Gasteiger partial charge in [0.05, 0.1) is 13.2 Å². The zero-order valence-corrected chi connectivity index (χ0v) is 11.8. The Hall–Kier alpha value is -1.39. The van der Waals surface area contributed by atoms with Gasteiger partial charge in [-0.3, -0.25) is 9.69 Å². The maximum Gasteiger partial charge on any atom is 0.223 e. The monoisotopic (exact) mass is 274 g/mol. The molecule has 0 unspecified atom stereocenters. The van der Waals surface area contributed by atoms with Crippen molar-refractivity contribution in [2.45, 2.75) is 25.9 Å². The first kappa shape index (κ1) is 13.6. The van der Waals surface area contributed by atoms with Crippen molar-refractivity contribution >= 4 is 5.91 Å². The standard InChI is InChI=1S/C16H22N2O2/c19-16(15-4-5-15)17-11-13-2-1-3-14(10-13)12-18-6-8-20-9-7-18/h1-3,10,15H,4-9,11-12H2,(H,17,19). The van der Waals surface area contributed by atoms with Crippen molar-refractivity contribution in [3.63, 3.8) is 0 Å². The third-order valence-corrected chi connectivity index (χ3v) is 3.92. The van der Waals surface area contributed by atoms with E-state index in [0.717, 1.165) is 45.7 Å². The summed E-state index contributed by atoms with van der Waals surface area (Å²) in [5.74, 6) is 0.495. The fourth-order valence-electron chi connectivity index (χ4n) is 2.53. The lowest BCUT2D eigenvalue weighted by atomic mass is 10.1. The summed E-state index contributed by atoms with van der Waals surface area (Å²) in [7, 11) is 0. The number of carbonyl (C=O) groups excluding carboxylic acids is 1. The molecular weight excluding hydrogens is 252 g/mol. The van der Waals surface area contributed by atoms with Gasteiger partial charge in [0.2, 0.25) is 5.91 Å². The van der Waals surface area contributed by atoms with Crippen molar-refractivity contribution in [2.75, 3.05) is 26.3 Å². The molecule has 1 saturated heterocycles. The molecule has 0 atom stereocenters. The molecule has 0 radical (unpaired) electrons. The van der Waals surface area contributed by atoms with E-state index in [1.165, 1.54) is 11.1 Å². The average Bonchev–Trinajstić information content (AvgIpc) is 3.31. The Kier molecular flexibility index (Phi) is 4.33. The molecule has 20 heavy (non-hydrogen) atoms. The van der Waals surface area contributed by atoms with Crippen molar-refractivity contribution in [3.05, 3.63) is 35.4 Å². The maximum atomic E-state index is 11.6. The van der Waals surface area contributed by atoms with Crippen LogP contribution < -0.4 is 5.32 Å². The number of ether oxygens (including phenoxy) is 1. The van der Waals surface area contributed by atoms with Gasteiger partial charge in [-0.1, -0.05) is 24.3 Å². The van der Waals surface area contributed by atoms with Gasteiger partial charge in [0.25, 0.3) is 0 Å². The van der Waals surface area contributed by atoms with Gasteiger partial charge in [0, 0.05) is 32.1 Å². The molecule has 4 heteroatoms. The fourth-order valence-corrected chi connectivity index (χ4v) is 2.53. The summed E-state index contributed by atoms with van der Waals surface area (Å²) in [6, 6.07) is 8.51. The minimum absolute atomic E-state index is 0.212. The van der Waals surface area contributed by atoms with E-state index in [0.29, 0.717) is 6.54 Å². The molecule has 1 N–H and O–H groups in total. The molecule has 1 aliphatic carbocycles. The molecule has 1 saturated carbocycles. The van der Waals surface area contributed by atoms with Gasteiger partial charge in [-0.25, -0.2) is 0 Å². The number of nitrogens with zero attached hydrogens (tertiary/aromatic N) is 1. The Balaban J connectivity index is 1.53. The number of hydrogen-bond donors (Lipinski definition) is 1. The van der Waals surface area contributed by atoms with Crippen LogP contribution in [0, 0.1) is 5.92 Å². The number of amides is 1. The maximum absolute atomic E-state index is 11.6. The second-order valence-corrected chi connectivity index (χ2v) is 5.70. The lowest BCUT2D eigenvalue weighted by Crippen LogP contribution is -2.35. The molecule has 1 aliphatic heterocycles. The highest BCUT2D eigenvalue weighted by molar-refractivity contribution is 5.80. The number of benzene rings is 1. The predicted octanol–water partition coefficient (Wildman–Crippen LogP) is 1.54. The quantitative estimate of drug-likeness (QED) is 0.885. The van der Waals surface area contributed by atoms with Gasteiger partial charge < -0.3 is 10.1 Å². The minimum Gasteiger partial charge on any atom is -0.379 e. The van der Waals surface area contributed by atoms with E-state index in [-0.39, 0.29) is 11.8 Å². The van der Waals surface area contributed by atoms with Crippen molar-refractivity contribution in [1.82, 2.24) is 10.2 Å². The SMILES string of the molecule is O=C(NCc1cccc(CN2CCOCC2)c1)C1CC1. The second-order valence-electron chi connectivity index (χ2n) is 5.70. The van der Waals surface area contributed by atoms with Crippen molar-refractivity contribution in [2.24, 2.45) is 5.92 Å². The Morgan fingerprint density at radius 2 is 2.00 bits per heavy atom. The summed E-state index contributed by atoms with van der Waals surface area (Å²) in [5.41, 5.74) is 2.50. The van der Waals surface area contributed by atoms with Crippen molar-refractivity contribution in [3.8, 4) is 0 Å². The number of carbonyl (C=O) groups is 1. The summed E-state index contributed by atoms with van der Waals surface area (Å²) in [6.07, 6.45) is 2.12. The zero-order valence-electron chi connectivity index (χ0n) is 11.8. The van der Waals surface area contributed by atoms with Crippen LogP contribution in [0.3, 0.4) is 0 Å². The highest BCUT2D eigenvalue weighted by atomic mass is 16.5. The van der Waals surface area contributed by atoms with E-state index in [2.05, 4.69) is 34.5 Å². The predicted molar refractivity (Wildman–Crippen MR) is 77.1 cm³/mol. The first-order valence-corrected chi connectivity index (χ1v) is 7.47. The Morgan fingerprint density at radius 1 is 1.25 bits per heavy atom. The normalized spacial score (nSPS) is 19.8. The van der Waals surface area contributed by atoms with Crippen LogP contribution in [0.25, 0.3) is 0 Å². The molecule has 4 nitrogen and oxygen atoms in total. The first-order valence-electron chi connectivity index (χ1n) is 7.47. The summed E-state index contributed by atoms with van der Waals surface area (Å²) in [6.45, 7) is 5.28. The van der Waals surface area contributed by atoms with Gasteiger partial charge >= 0.3 is 0 Å². The highest BCUT2D eigenvalue weighted by Crippen LogP contribution is 2.28. The summed E-state index contributed by atoms with van der Waals surface area (Å²) in [5, 5.41) is 3.02. The third kappa shape index (κ3) is 3.81. The smallest absolute Gasteiger partial charge is 0.223 e. The molecule has 108 valence electrons. The zero-order chi connectivity index (χ0) is 13.8. The van der Waals surface area contributed by atoms with Crippen LogP contribution in [0.2, 0.25) is 0 Å². The van der Waals surface area contributed by atoms with Gasteiger partial charge in [0.15, 0.2) is 0 Å². The molecule has 1 heterocycles. The average molecular weight is 274 g/mol. The van der Waals surface area contributed by atoms with E-state index in [4.69, 9.17) is 4.74 Å². The highest BCUT2D eigenvalue weighted by Gasteiger charge is 2.29. The lowest BCUT2D eigenvalue weighted by Gasteiger charge is -2.26. The Labute approximate surface area is 120 Å². The van der Waals surface area contributed by atoms with Crippen LogP contribution in [0.15, 0.2) is 24.3 Å². The van der Waals surface area contributed by atoms with Gasteiger partial charge in [-0.15, -0.1) is 0 Å². The van der Waals surface area contributed by atoms with E-state index in [9.17, 15) is 4.79 Å². The molecule has 2 aliphatic rings. The molecular formula is C16H22N2O2. The van der Waals surface area contributed by atoms with E-state index >= 15 is 0 Å². The van der Waals surface area contributed by atoms with Crippen LogP contribution in [-0.4, -0.2) is 37.1 Å². The third-order valence-electron chi connectivity index (χ3n) is 3.92. The van der Waals surface area contributed by atoms with Crippen molar-refractivity contribution < 1.29 is 9.53 Å². The topological polar surface area (TPSA) is 41.6 Å². The number of morpholine rings is 1. The van der Waals surface area contributed by atoms with Crippen LogP contribution in [0.1, 0.15) is 24.0 Å². The molecule has 0 aromatic heterocycles. The molecule has 3 rings (SSSR count). The summed E-state index contributed by atoms with van der Waals surface area (Å²) < 4.78 is 5.37. The van der Waals surface area contributed by atoms with Crippen LogP contribution in [0.4, 0.5) is 0 Å². The molecule has 2 fully saturated rings. The number of nitrogens with one attached hydrogen (secondary N) is 1. The molecule has 1 amide bonds. The molecule has 1 aromatic rings. The number of rotatable bonds is 5. The molecule has 0 spiro atoms. The molecule has 0 bridgehead atoms. The summed E-state index contributed by atoms with van der Waals surface area (Å²) in [4.78, 5) is 14.1. The van der Waals surface area contributed by atoms with Crippen molar-refractivity contribution in [1.29, 1.82) is 0 Å². The van der Waals surface area contributed by atoms with Crippen LogP contribution >= 0.6 is 0 Å². The van der Waals surface area contributed by atoms with E-state index in [1.807, 2.05) is 0 Å². The fraction of sp³-hybridized carbons (Fsp3) is 0.562. The minimum atomic E-state index is 0.212. The van der Waals surface area contributed by atoms with E-state index in [1.54, 1.807) is 0 Å². The van der Waals surface area contributed by atoms with Crippen LogP contribution in [-0.2, 0) is 22.6 Å². The first-order chi connectivity index (χ1) is 9.81. The number of hydrogen-bond acceptors (Lipinski definition) is 3. The Morgan fingerprint density at radius 3 is 2.75 bits per heavy atom. The van der Waals surface area contributed by atoms with Gasteiger partial charge in [0.1, 0.15) is 0 Å². The van der Waals surface area contributed by atoms with E-state index < -0.39 is 0 Å². The van der Waals surface area contributed by atoms with Gasteiger partial charge in [-0.05, 0) is 24.0 Å². The summed E-state index contributed by atoms with van der Waals surface area (Å²) >= 11 is 0. The van der Waals surface area contributed by atoms with Gasteiger partial charge in [-0.2, -0.15) is 0 Å². The second kappa shape index (κ2) is 6.37.